The smallest absolute Gasteiger partial charge is 0.225 e. The third kappa shape index (κ3) is 3.23. The minimum absolute atomic E-state index is 0.118. The van der Waals surface area contributed by atoms with Gasteiger partial charge in [-0.3, -0.25) is 9.59 Å². The van der Waals surface area contributed by atoms with Crippen LogP contribution < -0.4 is 5.32 Å². The molecular weight excluding hydrogens is 178 g/mol. The molecule has 1 rings (SSSR count). The fourth-order valence-corrected chi connectivity index (χ4v) is 1.05. The van der Waals surface area contributed by atoms with Crippen molar-refractivity contribution in [2.75, 3.05) is 5.32 Å². The van der Waals surface area contributed by atoms with E-state index >= 15 is 0 Å². The molecule has 0 fully saturated rings. The van der Waals surface area contributed by atoms with Gasteiger partial charge in [0, 0.05) is 12.6 Å². The van der Waals surface area contributed by atoms with Crippen molar-refractivity contribution in [1.82, 2.24) is 0 Å². The molecule has 71 valence electrons. The normalized spacial score (nSPS) is 10.1. The van der Waals surface area contributed by atoms with E-state index in [0.29, 0.717) is 5.69 Å². The summed E-state index contributed by atoms with van der Waals surface area (Å²) in [6.45, 7) is 1.45. The number of hydrogen-bond acceptors (Lipinski definition) is 2. The highest BCUT2D eigenvalue weighted by Crippen LogP contribution is 2.11. The molecule has 0 saturated heterocycles. The first-order chi connectivity index (χ1) is 6.72. The van der Waals surface area contributed by atoms with Crippen molar-refractivity contribution in [2.45, 2.75) is 6.92 Å². The van der Waals surface area contributed by atoms with Crippen LogP contribution in [0.25, 0.3) is 6.08 Å². The van der Waals surface area contributed by atoms with E-state index in [2.05, 4.69) is 5.32 Å². The van der Waals surface area contributed by atoms with Gasteiger partial charge in [-0.05, 0) is 23.8 Å². The summed E-state index contributed by atoms with van der Waals surface area (Å²) in [5.41, 5.74) is 1.56. The van der Waals surface area contributed by atoms with Crippen molar-refractivity contribution in [2.24, 2.45) is 0 Å². The fourth-order valence-electron chi connectivity index (χ4n) is 1.05. The first kappa shape index (κ1) is 10.2. The Balaban J connectivity index is 2.83. The second-order valence-electron chi connectivity index (χ2n) is 2.76. The molecule has 0 atom stereocenters. The van der Waals surface area contributed by atoms with E-state index in [1.807, 2.05) is 6.07 Å². The Morgan fingerprint density at radius 1 is 1.50 bits per heavy atom. The quantitative estimate of drug-likeness (QED) is 0.735. The number of benzene rings is 1. The Bertz CT molecular complexity index is 369. The van der Waals surface area contributed by atoms with Crippen LogP contribution in [-0.4, -0.2) is 12.2 Å². The maximum atomic E-state index is 10.7. The highest BCUT2D eigenvalue weighted by atomic mass is 16.1. The zero-order chi connectivity index (χ0) is 10.4. The highest BCUT2D eigenvalue weighted by Gasteiger charge is 1.94. The lowest BCUT2D eigenvalue weighted by Gasteiger charge is -2.01. The summed E-state index contributed by atoms with van der Waals surface area (Å²) in [5, 5.41) is 2.65. The van der Waals surface area contributed by atoms with Crippen LogP contribution in [0.3, 0.4) is 0 Å². The molecule has 0 saturated carbocycles. The zero-order valence-electron chi connectivity index (χ0n) is 7.78. The Kier molecular flexibility index (Phi) is 3.61. The van der Waals surface area contributed by atoms with Crippen LogP contribution in [0.15, 0.2) is 30.3 Å². The lowest BCUT2D eigenvalue weighted by atomic mass is 10.2. The molecule has 1 aromatic rings. The van der Waals surface area contributed by atoms with Crippen LogP contribution in [0, 0.1) is 0 Å². The van der Waals surface area contributed by atoms with Crippen molar-refractivity contribution in [3.63, 3.8) is 0 Å². The summed E-state index contributed by atoms with van der Waals surface area (Å²) in [5.74, 6) is -0.118. The van der Waals surface area contributed by atoms with Gasteiger partial charge in [-0.2, -0.15) is 0 Å². The topological polar surface area (TPSA) is 46.2 Å². The summed E-state index contributed by atoms with van der Waals surface area (Å²) in [4.78, 5) is 20.7. The molecule has 14 heavy (non-hydrogen) atoms. The molecule has 0 aromatic heterocycles. The van der Waals surface area contributed by atoms with Crippen molar-refractivity contribution >= 4 is 24.0 Å². The van der Waals surface area contributed by atoms with Gasteiger partial charge in [0.05, 0.1) is 0 Å². The van der Waals surface area contributed by atoms with Crippen LogP contribution in [0.5, 0.6) is 0 Å². The van der Waals surface area contributed by atoms with E-state index in [-0.39, 0.29) is 5.91 Å². The van der Waals surface area contributed by atoms with Gasteiger partial charge in [-0.25, -0.2) is 0 Å². The molecule has 0 spiro atoms. The van der Waals surface area contributed by atoms with Gasteiger partial charge in [-0.1, -0.05) is 18.2 Å². The first-order valence-corrected chi connectivity index (χ1v) is 4.14. The average molecular weight is 188 g/mol. The number of nitrogens with one attached hydrogen (secondary N) is 1. The molecule has 0 aliphatic carbocycles. The Hall–Kier alpha value is -1.90. The fraction of sp³-hybridized carbons (Fsp3) is 0.0909. The first-order valence-electron chi connectivity index (χ1n) is 4.14. The molecule has 0 aliphatic rings. The summed E-state index contributed by atoms with van der Waals surface area (Å²) in [7, 11) is 0. The van der Waals surface area contributed by atoms with Gasteiger partial charge in [-0.15, -0.1) is 0 Å². The third-order valence-electron chi connectivity index (χ3n) is 1.55. The predicted molar refractivity (Wildman–Crippen MR) is 55.5 cm³/mol. The zero-order valence-corrected chi connectivity index (χ0v) is 7.78. The molecule has 0 unspecified atom stereocenters. The SMILES string of the molecule is CC(=O)Nc1cccc(/C=C/[C]=O)c1. The van der Waals surface area contributed by atoms with Gasteiger partial charge in [0.15, 0.2) is 0 Å². The number of carbonyl (C=O) groups is 1. The van der Waals surface area contributed by atoms with Crippen molar-refractivity contribution in [3.8, 4) is 0 Å². The molecule has 1 radical (unpaired) electrons. The average Bonchev–Trinajstić information content (AvgIpc) is 2.14. The van der Waals surface area contributed by atoms with Crippen LogP contribution in [0.1, 0.15) is 12.5 Å². The van der Waals surface area contributed by atoms with Crippen LogP contribution in [0.4, 0.5) is 5.69 Å². The molecule has 0 bridgehead atoms. The molecule has 1 amide bonds. The number of rotatable bonds is 3. The maximum Gasteiger partial charge on any atom is 0.225 e. The molecule has 0 aliphatic heterocycles. The lowest BCUT2D eigenvalue weighted by molar-refractivity contribution is -0.114. The second kappa shape index (κ2) is 4.97. The Labute approximate surface area is 82.4 Å². The Morgan fingerprint density at radius 3 is 2.93 bits per heavy atom. The molecule has 3 nitrogen and oxygen atoms in total. The second-order valence-corrected chi connectivity index (χ2v) is 2.76. The number of allylic oxidation sites excluding steroid dienone is 1. The molecule has 0 heterocycles. The molecule has 3 heteroatoms. The lowest BCUT2D eigenvalue weighted by Crippen LogP contribution is -2.05. The number of hydrogen-bond donors (Lipinski definition) is 1. The van der Waals surface area contributed by atoms with Gasteiger partial charge in [0.1, 0.15) is 0 Å². The summed E-state index contributed by atoms with van der Waals surface area (Å²) in [6.07, 6.45) is 4.57. The number of carbonyl (C=O) groups excluding carboxylic acids is 2. The third-order valence-corrected chi connectivity index (χ3v) is 1.55. The summed E-state index contributed by atoms with van der Waals surface area (Å²) >= 11 is 0. The van der Waals surface area contributed by atoms with Gasteiger partial charge in [0.2, 0.25) is 12.2 Å². The van der Waals surface area contributed by atoms with E-state index in [1.54, 1.807) is 30.6 Å². The van der Waals surface area contributed by atoms with Crippen molar-refractivity contribution in [1.29, 1.82) is 0 Å². The van der Waals surface area contributed by atoms with E-state index in [9.17, 15) is 9.59 Å². The summed E-state index contributed by atoms with van der Waals surface area (Å²) < 4.78 is 0. The van der Waals surface area contributed by atoms with E-state index < -0.39 is 0 Å². The largest absolute Gasteiger partial charge is 0.326 e. The van der Waals surface area contributed by atoms with Gasteiger partial charge >= 0.3 is 0 Å². The maximum absolute atomic E-state index is 10.7. The van der Waals surface area contributed by atoms with Gasteiger partial charge in [0.25, 0.3) is 0 Å². The monoisotopic (exact) mass is 188 g/mol. The minimum atomic E-state index is -0.118. The van der Waals surface area contributed by atoms with E-state index in [0.717, 1.165) is 5.56 Å². The highest BCUT2D eigenvalue weighted by molar-refractivity contribution is 5.89. The van der Waals surface area contributed by atoms with Crippen LogP contribution >= 0.6 is 0 Å². The Morgan fingerprint density at radius 2 is 2.29 bits per heavy atom. The predicted octanol–water partition coefficient (Wildman–Crippen LogP) is 1.77. The molecular formula is C11H10NO2. The molecule has 1 N–H and O–H groups in total. The number of anilines is 1. The van der Waals surface area contributed by atoms with Gasteiger partial charge < -0.3 is 5.32 Å². The minimum Gasteiger partial charge on any atom is -0.326 e. The van der Waals surface area contributed by atoms with E-state index in [4.69, 9.17) is 0 Å². The van der Waals surface area contributed by atoms with Crippen LogP contribution in [0.2, 0.25) is 0 Å². The standard InChI is InChI=1S/C11H10NO2/c1-9(14)12-11-6-2-4-10(8-11)5-3-7-13/h2-6,8H,1H3,(H,12,14)/b5-3+. The summed E-state index contributed by atoms with van der Waals surface area (Å²) in [6, 6.07) is 7.19. The van der Waals surface area contributed by atoms with E-state index in [1.165, 1.54) is 13.0 Å². The van der Waals surface area contributed by atoms with Crippen molar-refractivity contribution < 1.29 is 9.59 Å². The van der Waals surface area contributed by atoms with Crippen LogP contribution in [-0.2, 0) is 9.59 Å². The number of amides is 1. The molecule has 1 aromatic carbocycles. The van der Waals surface area contributed by atoms with Crippen molar-refractivity contribution in [3.05, 3.63) is 35.9 Å².